The summed E-state index contributed by atoms with van der Waals surface area (Å²) in [6.07, 6.45) is 6.05. The lowest BCUT2D eigenvalue weighted by Crippen LogP contribution is -2.39. The van der Waals surface area contributed by atoms with Crippen molar-refractivity contribution in [2.75, 3.05) is 13.1 Å². The zero-order valence-electron chi connectivity index (χ0n) is 14.2. The van der Waals surface area contributed by atoms with Gasteiger partial charge >= 0.3 is 0 Å². The van der Waals surface area contributed by atoms with Gasteiger partial charge in [0.2, 0.25) is 0 Å². The van der Waals surface area contributed by atoms with Gasteiger partial charge in [-0.25, -0.2) is 0 Å². The molecule has 0 bridgehead atoms. The Hall–Kier alpha value is -1.94. The fourth-order valence-electron chi connectivity index (χ4n) is 3.54. The molecule has 0 radical (unpaired) electrons. The number of hydrogen-bond acceptors (Lipinski definition) is 3. The Morgan fingerprint density at radius 3 is 2.56 bits per heavy atom. The quantitative estimate of drug-likeness (QED) is 0.756. The maximum absolute atomic E-state index is 6.03. The highest BCUT2D eigenvalue weighted by molar-refractivity contribution is 6.30. The second kappa shape index (κ2) is 7.12. The van der Waals surface area contributed by atoms with Gasteiger partial charge in [0, 0.05) is 41.0 Å². The smallest absolute Gasteiger partial charge is 0.0406 e. The number of fused-ring (bicyclic) bond motifs is 1. The second-order valence-electron chi connectivity index (χ2n) is 6.86. The molecule has 25 heavy (non-hydrogen) atoms. The Balaban J connectivity index is 1.67. The van der Waals surface area contributed by atoms with Crippen molar-refractivity contribution < 1.29 is 0 Å². The third kappa shape index (κ3) is 3.69. The zero-order chi connectivity index (χ0) is 17.2. The minimum absolute atomic E-state index is 0.371. The van der Waals surface area contributed by atoms with Gasteiger partial charge in [0.05, 0.1) is 0 Å². The number of halogens is 1. The summed E-state index contributed by atoms with van der Waals surface area (Å²) >= 11 is 6.03. The van der Waals surface area contributed by atoms with Crippen molar-refractivity contribution in [2.24, 2.45) is 5.73 Å². The molecule has 128 valence electrons. The van der Waals surface area contributed by atoms with Crippen LogP contribution < -0.4 is 5.73 Å². The van der Waals surface area contributed by atoms with E-state index in [0.717, 1.165) is 54.0 Å². The predicted octanol–water partition coefficient (Wildman–Crippen LogP) is 4.48. The first-order chi connectivity index (χ1) is 12.2. The van der Waals surface area contributed by atoms with E-state index in [-0.39, 0.29) is 0 Å². The third-order valence-corrected chi connectivity index (χ3v) is 5.27. The Morgan fingerprint density at radius 2 is 1.80 bits per heavy atom. The topological polar surface area (TPSA) is 42.1 Å². The number of rotatable bonds is 3. The molecule has 1 fully saturated rings. The van der Waals surface area contributed by atoms with Crippen LogP contribution in [0.1, 0.15) is 18.4 Å². The fraction of sp³-hybridized carbons (Fsp3) is 0.286. The minimum Gasteiger partial charge on any atom is -0.328 e. The third-order valence-electron chi connectivity index (χ3n) is 5.02. The van der Waals surface area contributed by atoms with Crippen molar-refractivity contribution in [3.8, 4) is 11.1 Å². The van der Waals surface area contributed by atoms with Crippen LogP contribution in [0.3, 0.4) is 0 Å². The number of likely N-dealkylation sites (tertiary alicyclic amines) is 1. The lowest BCUT2D eigenvalue weighted by Gasteiger charge is -2.30. The van der Waals surface area contributed by atoms with Gasteiger partial charge in [-0.3, -0.25) is 9.88 Å². The highest BCUT2D eigenvalue weighted by Crippen LogP contribution is 2.29. The molecule has 3 nitrogen and oxygen atoms in total. The van der Waals surface area contributed by atoms with E-state index >= 15 is 0 Å². The summed E-state index contributed by atoms with van der Waals surface area (Å²) < 4.78 is 0. The van der Waals surface area contributed by atoms with Crippen molar-refractivity contribution in [2.45, 2.75) is 25.4 Å². The van der Waals surface area contributed by atoms with Crippen molar-refractivity contribution in [1.82, 2.24) is 9.88 Å². The average Bonchev–Trinajstić information content (AvgIpc) is 2.64. The zero-order valence-corrected chi connectivity index (χ0v) is 14.9. The molecule has 2 N–H and O–H groups in total. The van der Waals surface area contributed by atoms with Crippen LogP contribution in [-0.4, -0.2) is 29.0 Å². The molecule has 0 atom stereocenters. The van der Waals surface area contributed by atoms with Crippen LogP contribution in [-0.2, 0) is 6.54 Å². The van der Waals surface area contributed by atoms with Crippen molar-refractivity contribution in [3.63, 3.8) is 0 Å². The van der Waals surface area contributed by atoms with E-state index in [9.17, 15) is 0 Å². The maximum atomic E-state index is 6.03. The van der Waals surface area contributed by atoms with Crippen molar-refractivity contribution in [1.29, 1.82) is 0 Å². The highest BCUT2D eigenvalue weighted by atomic mass is 35.5. The van der Waals surface area contributed by atoms with E-state index in [2.05, 4.69) is 40.2 Å². The molecule has 4 rings (SSSR count). The molecule has 2 aromatic carbocycles. The van der Waals surface area contributed by atoms with Crippen LogP contribution >= 0.6 is 11.6 Å². The maximum Gasteiger partial charge on any atom is 0.0406 e. The lowest BCUT2D eigenvalue weighted by molar-refractivity contribution is 0.206. The molecule has 1 aromatic heterocycles. The van der Waals surface area contributed by atoms with Gasteiger partial charge in [0.25, 0.3) is 0 Å². The number of nitrogens with zero attached hydrogens (tertiary/aromatic N) is 2. The SMILES string of the molecule is NC1CCN(Cc2ccc3cncc(-c4ccc(Cl)cc4)c3c2)CC1. The molecule has 0 aliphatic carbocycles. The van der Waals surface area contributed by atoms with Crippen molar-refractivity contribution >= 4 is 22.4 Å². The molecular weight excluding hydrogens is 330 g/mol. The number of benzene rings is 2. The molecule has 1 aliphatic heterocycles. The molecule has 1 saturated heterocycles. The number of hydrogen-bond donors (Lipinski definition) is 1. The first-order valence-electron chi connectivity index (χ1n) is 8.79. The average molecular weight is 352 g/mol. The first kappa shape index (κ1) is 16.5. The van der Waals surface area contributed by atoms with E-state index in [4.69, 9.17) is 17.3 Å². The Morgan fingerprint density at radius 1 is 1.04 bits per heavy atom. The Kier molecular flexibility index (Phi) is 4.71. The molecule has 4 heteroatoms. The van der Waals surface area contributed by atoms with E-state index in [1.54, 1.807) is 0 Å². The van der Waals surface area contributed by atoms with Crippen LogP contribution in [0.15, 0.2) is 54.9 Å². The molecule has 0 spiro atoms. The number of piperidine rings is 1. The van der Waals surface area contributed by atoms with Crippen LogP contribution in [0.5, 0.6) is 0 Å². The molecule has 0 amide bonds. The minimum atomic E-state index is 0.371. The molecule has 0 unspecified atom stereocenters. The monoisotopic (exact) mass is 351 g/mol. The van der Waals surface area contributed by atoms with E-state index in [1.165, 1.54) is 10.9 Å². The summed E-state index contributed by atoms with van der Waals surface area (Å²) in [6.45, 7) is 3.14. The normalized spacial score (nSPS) is 16.4. The fourth-order valence-corrected chi connectivity index (χ4v) is 3.66. The van der Waals surface area contributed by atoms with Gasteiger partial charge in [0.15, 0.2) is 0 Å². The number of aromatic nitrogens is 1. The molecule has 0 saturated carbocycles. The van der Waals surface area contributed by atoms with Gasteiger partial charge in [-0.2, -0.15) is 0 Å². The molecular formula is C21H22ClN3. The van der Waals surface area contributed by atoms with E-state index in [1.807, 2.05) is 24.5 Å². The highest BCUT2D eigenvalue weighted by Gasteiger charge is 2.16. The summed E-state index contributed by atoms with van der Waals surface area (Å²) in [5, 5.41) is 3.15. The van der Waals surface area contributed by atoms with Gasteiger partial charge in [-0.15, -0.1) is 0 Å². The van der Waals surface area contributed by atoms with Gasteiger partial charge < -0.3 is 5.73 Å². The number of nitrogens with two attached hydrogens (primary N) is 1. The molecule has 1 aliphatic rings. The summed E-state index contributed by atoms with van der Waals surface area (Å²) in [5.74, 6) is 0. The predicted molar refractivity (Wildman–Crippen MR) is 105 cm³/mol. The van der Waals surface area contributed by atoms with Gasteiger partial charge in [-0.05, 0) is 60.6 Å². The largest absolute Gasteiger partial charge is 0.328 e. The van der Waals surface area contributed by atoms with Crippen LogP contribution in [0.25, 0.3) is 21.9 Å². The summed E-state index contributed by atoms with van der Waals surface area (Å²) in [5.41, 5.74) is 9.65. The van der Waals surface area contributed by atoms with Crippen molar-refractivity contribution in [3.05, 3.63) is 65.4 Å². The van der Waals surface area contributed by atoms with E-state index in [0.29, 0.717) is 6.04 Å². The summed E-state index contributed by atoms with van der Waals surface area (Å²) in [7, 11) is 0. The molecule has 3 aromatic rings. The lowest BCUT2D eigenvalue weighted by atomic mass is 9.98. The Bertz CT molecular complexity index is 868. The molecule has 2 heterocycles. The summed E-state index contributed by atoms with van der Waals surface area (Å²) in [4.78, 5) is 6.90. The second-order valence-corrected chi connectivity index (χ2v) is 7.30. The van der Waals surface area contributed by atoms with Gasteiger partial charge in [-0.1, -0.05) is 35.9 Å². The first-order valence-corrected chi connectivity index (χ1v) is 9.17. The van der Waals surface area contributed by atoms with Gasteiger partial charge in [0.1, 0.15) is 0 Å². The number of pyridine rings is 1. The van der Waals surface area contributed by atoms with Crippen LogP contribution in [0.4, 0.5) is 0 Å². The van der Waals surface area contributed by atoms with Crippen LogP contribution in [0, 0.1) is 0 Å². The summed E-state index contributed by atoms with van der Waals surface area (Å²) in [6, 6.07) is 15.0. The van der Waals surface area contributed by atoms with E-state index < -0.39 is 0 Å². The van der Waals surface area contributed by atoms with Crippen LogP contribution in [0.2, 0.25) is 5.02 Å². The standard InChI is InChI=1S/C21H22ClN3/c22-18-5-3-16(4-6-18)21-13-24-12-17-2-1-15(11-20(17)21)14-25-9-7-19(23)8-10-25/h1-6,11-13,19H,7-10,14,23H2. The Labute approximate surface area is 153 Å².